The van der Waals surface area contributed by atoms with Crippen LogP contribution in [0.25, 0.3) is 0 Å². The number of nitrogens with two attached hydrogens (primary N) is 1. The Morgan fingerprint density at radius 3 is 2.51 bits per heavy atom. The fourth-order valence-electron chi connectivity index (χ4n) is 3.39. The molecule has 15 heteroatoms. The standard InChI is InChI=1S/C20H26N6O7S2/c1-20(2,18(31)32)33-24-11(10-8-35-19(21)22-10)14(27)23-12-15(28)25-13(17(29)30)9(6-26(3,4)5)7-34-16(12)25/h8,12,16H,6-7H2,1-5H3,(H4-,21,22,23,27,29,30,31,32)/p+1/b24-11-/t12-,16-/m1/s1. The van der Waals surface area contributed by atoms with E-state index in [0.717, 1.165) is 11.3 Å². The van der Waals surface area contributed by atoms with E-state index in [1.165, 1.54) is 35.9 Å². The van der Waals surface area contributed by atoms with Crippen LogP contribution in [0.5, 0.6) is 0 Å². The number of nitrogen functional groups attached to an aromatic ring is 1. The first-order valence-electron chi connectivity index (χ1n) is 10.3. The van der Waals surface area contributed by atoms with Crippen molar-refractivity contribution < 1.29 is 38.7 Å². The molecule has 0 aliphatic carbocycles. The summed E-state index contributed by atoms with van der Waals surface area (Å²) >= 11 is 2.38. The van der Waals surface area contributed by atoms with Crippen molar-refractivity contribution in [2.75, 3.05) is 39.2 Å². The molecule has 2 amide bonds. The van der Waals surface area contributed by atoms with E-state index < -0.39 is 40.8 Å². The molecule has 0 unspecified atom stereocenters. The Morgan fingerprint density at radius 1 is 1.34 bits per heavy atom. The average Bonchev–Trinajstić information content (AvgIpc) is 3.16. The minimum atomic E-state index is -1.74. The van der Waals surface area contributed by atoms with E-state index in [0.29, 0.717) is 22.4 Å². The Kier molecular flexibility index (Phi) is 7.15. The first-order chi connectivity index (χ1) is 16.1. The summed E-state index contributed by atoms with van der Waals surface area (Å²) in [4.78, 5) is 59.6. The van der Waals surface area contributed by atoms with Crippen molar-refractivity contribution in [1.29, 1.82) is 0 Å². The molecule has 2 atom stereocenters. The van der Waals surface area contributed by atoms with E-state index in [9.17, 15) is 29.4 Å². The second-order valence-electron chi connectivity index (χ2n) is 9.48. The summed E-state index contributed by atoms with van der Waals surface area (Å²) in [5.41, 5.74) is 4.17. The van der Waals surface area contributed by atoms with E-state index >= 15 is 0 Å². The number of oxime groups is 1. The lowest BCUT2D eigenvalue weighted by molar-refractivity contribution is -0.865. The first kappa shape index (κ1) is 26.4. The maximum absolute atomic E-state index is 13.1. The van der Waals surface area contributed by atoms with Gasteiger partial charge >= 0.3 is 11.9 Å². The summed E-state index contributed by atoms with van der Waals surface area (Å²) in [6.07, 6.45) is 0. The number of aromatic nitrogens is 1. The van der Waals surface area contributed by atoms with E-state index in [-0.39, 0.29) is 22.2 Å². The number of anilines is 1. The van der Waals surface area contributed by atoms with Crippen LogP contribution in [0.4, 0.5) is 5.13 Å². The van der Waals surface area contributed by atoms with Gasteiger partial charge in [-0.25, -0.2) is 14.6 Å². The zero-order valence-electron chi connectivity index (χ0n) is 19.8. The van der Waals surface area contributed by atoms with Gasteiger partial charge in [0, 0.05) is 16.7 Å². The number of carboxylic acid groups (broad SMARTS) is 2. The van der Waals surface area contributed by atoms with Crippen molar-refractivity contribution >= 4 is 57.7 Å². The highest BCUT2D eigenvalue weighted by molar-refractivity contribution is 8.00. The van der Waals surface area contributed by atoms with Gasteiger partial charge in [0.2, 0.25) is 5.60 Å². The molecule has 5 N–H and O–H groups in total. The number of thiazole rings is 1. The molecule has 2 aliphatic heterocycles. The smallest absolute Gasteiger partial charge is 0.352 e. The number of thioether (sulfide) groups is 1. The molecule has 190 valence electrons. The third-order valence-electron chi connectivity index (χ3n) is 5.06. The largest absolute Gasteiger partial charge is 0.478 e. The molecular weight excluding hydrogens is 500 g/mol. The monoisotopic (exact) mass is 527 g/mol. The number of carbonyl (C=O) groups excluding carboxylic acids is 2. The molecule has 0 bridgehead atoms. The maximum atomic E-state index is 13.1. The van der Waals surface area contributed by atoms with Gasteiger partial charge < -0.3 is 30.6 Å². The normalized spacial score (nSPS) is 20.8. The summed E-state index contributed by atoms with van der Waals surface area (Å²) < 4.78 is 0.489. The van der Waals surface area contributed by atoms with E-state index in [4.69, 9.17) is 10.6 Å². The van der Waals surface area contributed by atoms with Crippen LogP contribution >= 0.6 is 23.1 Å². The van der Waals surface area contributed by atoms with Crippen LogP contribution in [-0.2, 0) is 24.0 Å². The molecule has 35 heavy (non-hydrogen) atoms. The Balaban J connectivity index is 1.84. The molecule has 1 saturated heterocycles. The third kappa shape index (κ3) is 5.57. The Labute approximate surface area is 209 Å². The fraction of sp³-hybridized carbons (Fsp3) is 0.500. The predicted octanol–water partition coefficient (Wildman–Crippen LogP) is -0.246. The Bertz CT molecular complexity index is 1140. The van der Waals surface area contributed by atoms with E-state index in [1.54, 1.807) is 0 Å². The average molecular weight is 528 g/mol. The van der Waals surface area contributed by atoms with E-state index in [1.807, 2.05) is 21.1 Å². The summed E-state index contributed by atoms with van der Waals surface area (Å²) in [6, 6.07) is -1.01. The molecule has 3 heterocycles. The maximum Gasteiger partial charge on any atom is 0.352 e. The van der Waals surface area contributed by atoms with Crippen LogP contribution in [-0.4, -0.2) is 105 Å². The minimum Gasteiger partial charge on any atom is -0.478 e. The number of nitrogens with one attached hydrogen (secondary N) is 1. The van der Waals surface area contributed by atoms with Gasteiger partial charge in [-0.1, -0.05) is 5.16 Å². The molecule has 2 aliphatic rings. The number of nitrogens with zero attached hydrogens (tertiary/aromatic N) is 4. The van der Waals surface area contributed by atoms with Gasteiger partial charge in [-0.15, -0.1) is 23.1 Å². The number of amides is 2. The van der Waals surface area contributed by atoms with Crippen molar-refractivity contribution in [1.82, 2.24) is 15.2 Å². The lowest BCUT2D eigenvalue weighted by Gasteiger charge is -2.49. The number of carboxylic acids is 2. The van der Waals surface area contributed by atoms with Gasteiger partial charge in [-0.2, -0.15) is 0 Å². The minimum absolute atomic E-state index is 0.0440. The van der Waals surface area contributed by atoms with Gasteiger partial charge in [-0.05, 0) is 13.8 Å². The van der Waals surface area contributed by atoms with Crippen LogP contribution in [0.3, 0.4) is 0 Å². The molecule has 3 rings (SSSR count). The SMILES string of the molecule is CC(C)(O/N=C(\C(=O)N[C@@H]1C(=O)N2C(C(=O)O)=C(C[N+](C)(C)C)CS[C@H]12)c1csc(N)n1)C(=O)O. The molecule has 0 aromatic carbocycles. The molecular formula is C20H27N6O7S2+. The number of hydrogen-bond acceptors (Lipinski definition) is 10. The number of quaternary nitrogens is 1. The number of aliphatic carboxylic acids is 2. The molecule has 0 spiro atoms. The number of carbonyl (C=O) groups is 4. The predicted molar refractivity (Wildman–Crippen MR) is 128 cm³/mol. The molecule has 13 nitrogen and oxygen atoms in total. The summed E-state index contributed by atoms with van der Waals surface area (Å²) in [7, 11) is 5.76. The highest BCUT2D eigenvalue weighted by atomic mass is 32.2. The zero-order valence-corrected chi connectivity index (χ0v) is 21.4. The summed E-state index contributed by atoms with van der Waals surface area (Å²) in [5.74, 6) is -3.54. The molecule has 1 fully saturated rings. The second-order valence-corrected chi connectivity index (χ2v) is 11.5. The molecule has 1 aromatic rings. The second kappa shape index (κ2) is 9.47. The summed E-state index contributed by atoms with van der Waals surface area (Å²) in [5, 5.41) is 26.3. The van der Waals surface area contributed by atoms with Crippen molar-refractivity contribution in [3.8, 4) is 0 Å². The number of fused-ring (bicyclic) bond motifs is 1. The number of likely N-dealkylation sites (N-methyl/N-ethyl adjacent to an activating group) is 1. The van der Waals surface area contributed by atoms with Crippen LogP contribution in [0, 0.1) is 0 Å². The van der Waals surface area contributed by atoms with Crippen LogP contribution in [0.15, 0.2) is 21.8 Å². The van der Waals surface area contributed by atoms with Gasteiger partial charge in [0.25, 0.3) is 11.8 Å². The lowest BCUT2D eigenvalue weighted by atomic mass is 10.0. The van der Waals surface area contributed by atoms with Crippen molar-refractivity contribution in [3.63, 3.8) is 0 Å². The number of hydrogen-bond donors (Lipinski definition) is 4. The summed E-state index contributed by atoms with van der Waals surface area (Å²) in [6.45, 7) is 2.95. The van der Waals surface area contributed by atoms with Crippen molar-refractivity contribution in [2.24, 2.45) is 5.16 Å². The highest BCUT2D eigenvalue weighted by Crippen LogP contribution is 2.40. The van der Waals surface area contributed by atoms with Crippen LogP contribution in [0.1, 0.15) is 19.5 Å². The Hall–Kier alpha value is -3.17. The third-order valence-corrected chi connectivity index (χ3v) is 7.07. The Morgan fingerprint density at radius 2 is 2.00 bits per heavy atom. The molecule has 0 radical (unpaired) electrons. The topological polar surface area (TPSA) is 185 Å². The number of rotatable bonds is 9. The van der Waals surface area contributed by atoms with Gasteiger partial charge in [0.1, 0.15) is 29.4 Å². The van der Waals surface area contributed by atoms with Crippen LogP contribution in [0.2, 0.25) is 0 Å². The first-order valence-corrected chi connectivity index (χ1v) is 12.3. The lowest BCUT2D eigenvalue weighted by Crippen LogP contribution is -2.71. The molecule has 0 saturated carbocycles. The van der Waals surface area contributed by atoms with Crippen molar-refractivity contribution in [2.45, 2.75) is 30.9 Å². The number of β-lactam (4-membered cyclic amide) rings is 1. The fourth-order valence-corrected chi connectivity index (χ4v) is 5.27. The van der Waals surface area contributed by atoms with E-state index in [2.05, 4.69) is 15.5 Å². The van der Waals surface area contributed by atoms with Gasteiger partial charge in [0.15, 0.2) is 10.8 Å². The van der Waals surface area contributed by atoms with Crippen LogP contribution < -0.4 is 11.1 Å². The van der Waals surface area contributed by atoms with Crippen molar-refractivity contribution in [3.05, 3.63) is 22.3 Å². The molecule has 1 aromatic heterocycles. The quantitative estimate of drug-likeness (QED) is 0.144. The zero-order chi connectivity index (χ0) is 26.3. The van der Waals surface area contributed by atoms with Gasteiger partial charge in [0.05, 0.1) is 21.1 Å². The van der Waals surface area contributed by atoms with Gasteiger partial charge in [-0.3, -0.25) is 14.5 Å². The highest BCUT2D eigenvalue weighted by Gasteiger charge is 2.55.